The van der Waals surface area contributed by atoms with Gasteiger partial charge in [0.15, 0.2) is 5.75 Å². The van der Waals surface area contributed by atoms with Crippen LogP contribution in [-0.4, -0.2) is 114 Å². The van der Waals surface area contributed by atoms with E-state index >= 15 is 4.39 Å². The number of carbonyl (C=O) groups excluding carboxylic acids is 2. The summed E-state index contributed by atoms with van der Waals surface area (Å²) in [6.45, 7) is 10.5. The number of pyridine rings is 1. The van der Waals surface area contributed by atoms with Crippen LogP contribution in [0, 0.1) is 5.82 Å². The van der Waals surface area contributed by atoms with Crippen LogP contribution >= 0.6 is 11.6 Å². The van der Waals surface area contributed by atoms with Gasteiger partial charge in [-0.2, -0.15) is 0 Å². The van der Waals surface area contributed by atoms with Crippen molar-refractivity contribution in [2.75, 3.05) is 65.0 Å². The van der Waals surface area contributed by atoms with Gasteiger partial charge in [-0.1, -0.05) is 24.2 Å². The van der Waals surface area contributed by atoms with Gasteiger partial charge < -0.3 is 29.3 Å². The number of anilines is 1. The Balaban J connectivity index is 1.65. The molecule has 0 radical (unpaired) electrons. The van der Waals surface area contributed by atoms with E-state index in [0.717, 1.165) is 13.0 Å². The number of hydrogen-bond acceptors (Lipinski definition) is 8. The van der Waals surface area contributed by atoms with Crippen molar-refractivity contribution in [1.82, 2.24) is 19.7 Å². The molecule has 226 valence electrons. The van der Waals surface area contributed by atoms with Crippen molar-refractivity contribution in [3.8, 4) is 22.8 Å². The number of phenols is 1. The summed E-state index contributed by atoms with van der Waals surface area (Å²) in [6, 6.07) is 3.66. The molecule has 2 atom stereocenters. The molecule has 2 fully saturated rings. The number of rotatable bonds is 7. The van der Waals surface area contributed by atoms with Crippen LogP contribution in [-0.2, 0) is 9.53 Å². The standard InChI is InChI=1S/C30H37ClFN5O5/c1-6-22(39)35-10-11-36-19(15-35)17-42-27-24(29(36)40)28(33-26(25(27)31)23-20(32)8-7-9-21(23)38)37-16-18(14-30(37,2)3)34(4)12-13-41-5/h6-9,18-19,38H,1,10-17H2,2-5H3. The summed E-state index contributed by atoms with van der Waals surface area (Å²) in [4.78, 5) is 39.1. The number of carbonyl (C=O) groups is 2. The molecule has 3 aliphatic rings. The van der Waals surface area contributed by atoms with E-state index in [-0.39, 0.29) is 64.4 Å². The Morgan fingerprint density at radius 3 is 2.79 bits per heavy atom. The topological polar surface area (TPSA) is 98.7 Å². The van der Waals surface area contributed by atoms with Crippen LogP contribution in [0.25, 0.3) is 11.3 Å². The molecule has 42 heavy (non-hydrogen) atoms. The molecule has 10 nitrogen and oxygen atoms in total. The van der Waals surface area contributed by atoms with E-state index in [2.05, 4.69) is 30.2 Å². The van der Waals surface area contributed by atoms with Gasteiger partial charge >= 0.3 is 0 Å². The summed E-state index contributed by atoms with van der Waals surface area (Å²) in [7, 11) is 3.70. The van der Waals surface area contributed by atoms with Crippen molar-refractivity contribution >= 4 is 29.2 Å². The molecule has 12 heteroatoms. The monoisotopic (exact) mass is 601 g/mol. The molecular formula is C30H37ClFN5O5. The van der Waals surface area contributed by atoms with Crippen molar-refractivity contribution in [3.63, 3.8) is 0 Å². The van der Waals surface area contributed by atoms with Crippen molar-refractivity contribution < 1.29 is 28.6 Å². The van der Waals surface area contributed by atoms with Gasteiger partial charge in [-0.25, -0.2) is 9.37 Å². The number of fused-ring (bicyclic) bond motifs is 2. The Bertz CT molecular complexity index is 1380. The Morgan fingerprint density at radius 2 is 2.10 bits per heavy atom. The average molecular weight is 602 g/mol. The SMILES string of the molecule is C=CC(=O)N1CCN2C(=O)c3c(N4CC(N(C)CCOC)CC4(C)C)nc(-c4c(O)cccc4F)c(Cl)c3OCC2C1. The smallest absolute Gasteiger partial charge is 0.261 e. The number of ether oxygens (including phenoxy) is 2. The predicted octanol–water partition coefficient (Wildman–Crippen LogP) is 3.41. The quantitative estimate of drug-likeness (QED) is 0.482. The minimum atomic E-state index is -0.705. The van der Waals surface area contributed by atoms with Gasteiger partial charge in [0.25, 0.3) is 5.91 Å². The van der Waals surface area contributed by atoms with Crippen LogP contribution in [0.15, 0.2) is 30.9 Å². The van der Waals surface area contributed by atoms with Gasteiger partial charge in [-0.15, -0.1) is 0 Å². The molecule has 3 aliphatic heterocycles. The maximum atomic E-state index is 15.2. The minimum Gasteiger partial charge on any atom is -0.507 e. The van der Waals surface area contributed by atoms with E-state index in [0.29, 0.717) is 32.1 Å². The third-order valence-electron chi connectivity index (χ3n) is 8.55. The third kappa shape index (κ3) is 5.29. The Morgan fingerprint density at radius 1 is 1.33 bits per heavy atom. The number of methoxy groups -OCH3 is 1. The molecule has 2 aromatic rings. The highest BCUT2D eigenvalue weighted by molar-refractivity contribution is 6.35. The maximum absolute atomic E-state index is 15.2. The number of likely N-dealkylation sites (N-methyl/N-ethyl adjacent to an activating group) is 1. The summed E-state index contributed by atoms with van der Waals surface area (Å²) in [6.07, 6.45) is 2.03. The summed E-state index contributed by atoms with van der Waals surface area (Å²) in [5.41, 5.74) is -0.433. The van der Waals surface area contributed by atoms with E-state index in [1.54, 1.807) is 16.9 Å². The largest absolute Gasteiger partial charge is 0.507 e. The van der Waals surface area contributed by atoms with Gasteiger partial charge in [0.05, 0.1) is 18.2 Å². The first-order valence-electron chi connectivity index (χ1n) is 14.0. The van der Waals surface area contributed by atoms with Crippen LogP contribution in [0.3, 0.4) is 0 Å². The van der Waals surface area contributed by atoms with Crippen LogP contribution in [0.1, 0.15) is 30.6 Å². The molecule has 2 saturated heterocycles. The number of piperazine rings is 1. The van der Waals surface area contributed by atoms with Gasteiger partial charge in [0.2, 0.25) is 5.91 Å². The highest BCUT2D eigenvalue weighted by atomic mass is 35.5. The molecule has 2 amide bonds. The molecule has 1 aromatic heterocycles. The molecule has 4 heterocycles. The number of benzene rings is 1. The highest BCUT2D eigenvalue weighted by Crippen LogP contribution is 2.48. The van der Waals surface area contributed by atoms with Gasteiger partial charge in [0, 0.05) is 51.4 Å². The molecule has 0 bridgehead atoms. The molecule has 0 aliphatic carbocycles. The fourth-order valence-electron chi connectivity index (χ4n) is 6.18. The third-order valence-corrected chi connectivity index (χ3v) is 8.90. The number of aromatic hydroxyl groups is 1. The summed E-state index contributed by atoms with van der Waals surface area (Å²) in [5, 5.41) is 10.6. The average Bonchev–Trinajstić information content (AvgIpc) is 3.20. The Hall–Kier alpha value is -3.41. The summed E-state index contributed by atoms with van der Waals surface area (Å²) in [5.74, 6) is -1.17. The number of aromatic nitrogens is 1. The van der Waals surface area contributed by atoms with E-state index in [1.807, 2.05) is 7.05 Å². The van der Waals surface area contributed by atoms with Crippen LogP contribution in [0.5, 0.6) is 11.5 Å². The van der Waals surface area contributed by atoms with Crippen molar-refractivity contribution in [2.24, 2.45) is 0 Å². The molecule has 0 spiro atoms. The van der Waals surface area contributed by atoms with Crippen molar-refractivity contribution in [2.45, 2.75) is 37.9 Å². The zero-order valence-corrected chi connectivity index (χ0v) is 25.2. The first kappa shape index (κ1) is 30.1. The fraction of sp³-hybridized carbons (Fsp3) is 0.500. The van der Waals surface area contributed by atoms with Crippen LogP contribution in [0.2, 0.25) is 5.02 Å². The number of amides is 2. The zero-order valence-electron chi connectivity index (χ0n) is 24.4. The Labute approximate surface area is 250 Å². The molecule has 1 aromatic carbocycles. The number of nitrogens with zero attached hydrogens (tertiary/aromatic N) is 5. The lowest BCUT2D eigenvalue weighted by Gasteiger charge is -2.40. The van der Waals surface area contributed by atoms with Crippen LogP contribution in [0.4, 0.5) is 10.2 Å². The van der Waals surface area contributed by atoms with E-state index in [1.165, 1.54) is 24.3 Å². The predicted molar refractivity (Wildman–Crippen MR) is 158 cm³/mol. The van der Waals surface area contributed by atoms with Gasteiger partial charge in [-0.3, -0.25) is 14.5 Å². The first-order valence-corrected chi connectivity index (χ1v) is 14.4. The molecule has 0 saturated carbocycles. The van der Waals surface area contributed by atoms with E-state index in [4.69, 9.17) is 26.1 Å². The molecule has 5 rings (SSSR count). The second-order valence-corrected chi connectivity index (χ2v) is 12.0. The zero-order chi connectivity index (χ0) is 30.3. The van der Waals surface area contributed by atoms with Gasteiger partial charge in [0.1, 0.15) is 40.3 Å². The van der Waals surface area contributed by atoms with Crippen LogP contribution < -0.4 is 9.64 Å². The number of hydrogen-bond donors (Lipinski definition) is 1. The fourth-order valence-corrected chi connectivity index (χ4v) is 6.47. The summed E-state index contributed by atoms with van der Waals surface area (Å²) >= 11 is 6.87. The minimum absolute atomic E-state index is 0.0101. The lowest BCUT2D eigenvalue weighted by Crippen LogP contribution is -2.57. The lowest BCUT2D eigenvalue weighted by molar-refractivity contribution is -0.128. The molecule has 1 N–H and O–H groups in total. The second-order valence-electron chi connectivity index (χ2n) is 11.6. The first-order chi connectivity index (χ1) is 20.0. The second kappa shape index (κ2) is 11.7. The van der Waals surface area contributed by atoms with Crippen molar-refractivity contribution in [3.05, 3.63) is 47.3 Å². The number of phenolic OH excluding ortho intramolecular Hbond substituents is 1. The molecule has 2 unspecified atom stereocenters. The summed E-state index contributed by atoms with van der Waals surface area (Å²) < 4.78 is 26.7. The maximum Gasteiger partial charge on any atom is 0.261 e. The van der Waals surface area contributed by atoms with Gasteiger partial charge in [-0.05, 0) is 45.5 Å². The highest BCUT2D eigenvalue weighted by Gasteiger charge is 2.46. The Kier molecular flexibility index (Phi) is 8.37. The van der Waals surface area contributed by atoms with E-state index in [9.17, 15) is 14.7 Å². The normalized spacial score (nSPS) is 21.6. The number of halogens is 2. The van der Waals surface area contributed by atoms with E-state index < -0.39 is 17.4 Å². The van der Waals surface area contributed by atoms with Crippen molar-refractivity contribution in [1.29, 1.82) is 0 Å². The lowest BCUT2D eigenvalue weighted by atomic mass is 9.98. The molecular weight excluding hydrogens is 565 g/mol.